The van der Waals surface area contributed by atoms with Gasteiger partial charge in [0.1, 0.15) is 22.3 Å². The second-order valence-corrected chi connectivity index (χ2v) is 10.9. The molecule has 3 aromatic heterocycles. The van der Waals surface area contributed by atoms with Gasteiger partial charge in [-0.2, -0.15) is 26.3 Å². The van der Waals surface area contributed by atoms with E-state index >= 15 is 0 Å². The lowest BCUT2D eigenvalue weighted by Crippen LogP contribution is -2.35. The number of rotatable bonds is 5. The first-order valence-electron chi connectivity index (χ1n) is 13.7. The van der Waals surface area contributed by atoms with Crippen LogP contribution < -0.4 is 5.56 Å². The third kappa shape index (κ3) is 10.7. The van der Waals surface area contributed by atoms with Crippen molar-refractivity contribution in [3.8, 4) is 0 Å². The molecule has 1 aliphatic rings. The topological polar surface area (TPSA) is 164 Å². The average molecular weight is 745 g/mol. The second kappa shape index (κ2) is 16.2. The van der Waals surface area contributed by atoms with E-state index in [9.17, 15) is 40.3 Å². The van der Waals surface area contributed by atoms with E-state index < -0.39 is 30.1 Å². The molecule has 5 rings (SSSR count). The number of amides is 1. The number of hydrogen-bond acceptors (Lipinski definition) is 6. The van der Waals surface area contributed by atoms with Gasteiger partial charge in [0.2, 0.25) is 0 Å². The lowest BCUT2D eigenvalue weighted by Gasteiger charge is -2.22. The third-order valence-electron chi connectivity index (χ3n) is 6.72. The Bertz CT molecular complexity index is 1820. The van der Waals surface area contributed by atoms with Gasteiger partial charge in [-0.25, -0.2) is 19.0 Å². The van der Waals surface area contributed by atoms with Crippen LogP contribution in [0.4, 0.5) is 30.7 Å². The van der Waals surface area contributed by atoms with Gasteiger partial charge in [0.05, 0.1) is 17.1 Å². The molecule has 1 aliphatic heterocycles. The van der Waals surface area contributed by atoms with Crippen LogP contribution in [0.2, 0.25) is 10.2 Å². The minimum absolute atomic E-state index is 0.0271. The molecule has 0 aliphatic carbocycles. The summed E-state index contributed by atoms with van der Waals surface area (Å²) in [5, 5.41) is 14.7. The van der Waals surface area contributed by atoms with Crippen molar-refractivity contribution in [1.29, 1.82) is 0 Å². The molecule has 0 spiro atoms. The lowest BCUT2D eigenvalue weighted by atomic mass is 10.0. The van der Waals surface area contributed by atoms with Crippen LogP contribution in [0.5, 0.6) is 0 Å². The molecular weight excluding hydrogens is 720 g/mol. The predicted octanol–water partition coefficient (Wildman–Crippen LogP) is 5.00. The van der Waals surface area contributed by atoms with Crippen molar-refractivity contribution in [3.05, 3.63) is 91.8 Å². The van der Waals surface area contributed by atoms with E-state index in [1.165, 1.54) is 12.1 Å². The monoisotopic (exact) mass is 744 g/mol. The van der Waals surface area contributed by atoms with Crippen LogP contribution in [-0.4, -0.2) is 95.7 Å². The summed E-state index contributed by atoms with van der Waals surface area (Å²) in [6.45, 7) is 3.24. The number of carbonyl (C=O) groups excluding carboxylic acids is 1. The minimum atomic E-state index is -5.08. The number of nitrogens with zero attached hydrogens (tertiary/aromatic N) is 4. The number of nitrogens with one attached hydrogen (secondary N) is 2. The smallest absolute Gasteiger partial charge is 0.475 e. The highest BCUT2D eigenvalue weighted by Gasteiger charge is 2.39. The van der Waals surface area contributed by atoms with Crippen LogP contribution in [0.3, 0.4) is 0 Å². The van der Waals surface area contributed by atoms with Crippen molar-refractivity contribution in [2.75, 3.05) is 26.2 Å². The molecule has 266 valence electrons. The number of aromatic amines is 2. The molecule has 0 radical (unpaired) electrons. The number of alkyl halides is 6. The first-order valence-corrected chi connectivity index (χ1v) is 14.5. The zero-order valence-electron chi connectivity index (χ0n) is 24.7. The summed E-state index contributed by atoms with van der Waals surface area (Å²) in [5.41, 5.74) is 1.39. The van der Waals surface area contributed by atoms with Crippen LogP contribution in [0.25, 0.3) is 5.52 Å². The van der Waals surface area contributed by atoms with Gasteiger partial charge < -0.3 is 25.1 Å². The van der Waals surface area contributed by atoms with Crippen LogP contribution in [-0.2, 0) is 22.6 Å². The molecule has 1 fully saturated rings. The largest absolute Gasteiger partial charge is 0.490 e. The Morgan fingerprint density at radius 3 is 2.12 bits per heavy atom. The number of carbonyl (C=O) groups is 3. The molecular formula is C28H25Cl2F7N6O6. The van der Waals surface area contributed by atoms with Gasteiger partial charge >= 0.3 is 24.3 Å². The van der Waals surface area contributed by atoms with Gasteiger partial charge in [-0.3, -0.25) is 18.9 Å². The van der Waals surface area contributed by atoms with Crippen molar-refractivity contribution in [1.82, 2.24) is 29.2 Å². The highest BCUT2D eigenvalue weighted by atomic mass is 35.5. The molecule has 0 saturated carbocycles. The normalized spacial score (nSPS) is 13.9. The summed E-state index contributed by atoms with van der Waals surface area (Å²) in [6.07, 6.45) is -4.01. The fourth-order valence-electron chi connectivity index (χ4n) is 4.48. The number of aliphatic carboxylic acids is 2. The van der Waals surface area contributed by atoms with Crippen molar-refractivity contribution in [2.45, 2.75) is 31.7 Å². The number of aromatic nitrogens is 4. The van der Waals surface area contributed by atoms with E-state index in [-0.39, 0.29) is 27.2 Å². The highest BCUT2D eigenvalue weighted by molar-refractivity contribution is 6.42. The standard InChI is InChI=1S/C24H23Cl2FN6O2.2C2HF3O2/c25-18-12-20-23(34)30-13-16(33(20)22(18)26)10-15-2-3-19(27)17(11-15)24(35)32-7-1-6-31(8-9-32)14-21-28-4-5-29-21;2*3-2(4,5)1(6)7/h2-5,11-13H,1,6-10,14H2,(H,28,29)(H,30,34);2*(H,6,7). The zero-order valence-corrected chi connectivity index (χ0v) is 26.2. The van der Waals surface area contributed by atoms with Crippen molar-refractivity contribution < 1.29 is 55.3 Å². The molecule has 0 atom stereocenters. The van der Waals surface area contributed by atoms with Crippen LogP contribution in [0, 0.1) is 5.82 Å². The molecule has 1 amide bonds. The van der Waals surface area contributed by atoms with Crippen molar-refractivity contribution in [3.63, 3.8) is 0 Å². The minimum Gasteiger partial charge on any atom is -0.475 e. The van der Waals surface area contributed by atoms with Gasteiger partial charge in [-0.05, 0) is 30.2 Å². The number of carboxylic acid groups (broad SMARTS) is 2. The fraction of sp³-hybridized carbons (Fsp3) is 0.321. The fourth-order valence-corrected chi connectivity index (χ4v) is 4.92. The third-order valence-corrected chi connectivity index (χ3v) is 7.48. The predicted molar refractivity (Wildman–Crippen MR) is 159 cm³/mol. The number of carboxylic acids is 2. The summed E-state index contributed by atoms with van der Waals surface area (Å²) >= 11 is 12.4. The summed E-state index contributed by atoms with van der Waals surface area (Å²) in [4.78, 5) is 57.2. The maximum atomic E-state index is 14.8. The van der Waals surface area contributed by atoms with Crippen molar-refractivity contribution >= 4 is 46.6 Å². The molecule has 1 saturated heterocycles. The molecule has 4 aromatic rings. The summed E-state index contributed by atoms with van der Waals surface area (Å²) in [5.74, 6) is -5.54. The van der Waals surface area contributed by atoms with E-state index in [0.717, 1.165) is 18.8 Å². The van der Waals surface area contributed by atoms with Gasteiger partial charge in [-0.15, -0.1) is 0 Å². The molecule has 4 N–H and O–H groups in total. The molecule has 4 heterocycles. The number of benzene rings is 1. The SMILES string of the molecule is O=C(O)C(F)(F)F.O=C(O)C(F)(F)F.O=C(c1cc(Cc2c[nH]c(=O)c3cc(Cl)c(Cl)n23)ccc1F)N1CCCN(Cc2ncc[nH]2)CC1. The number of halogens is 9. The van der Waals surface area contributed by atoms with Crippen molar-refractivity contribution in [2.24, 2.45) is 0 Å². The number of imidazole rings is 1. The van der Waals surface area contributed by atoms with Crippen LogP contribution in [0.15, 0.2) is 47.7 Å². The van der Waals surface area contributed by atoms with E-state index in [2.05, 4.69) is 19.9 Å². The first kappa shape index (κ1) is 38.8. The summed E-state index contributed by atoms with van der Waals surface area (Å²) < 4.78 is 79.8. The summed E-state index contributed by atoms with van der Waals surface area (Å²) in [7, 11) is 0. The molecule has 0 bridgehead atoms. The quantitative estimate of drug-likeness (QED) is 0.208. The molecule has 0 unspecified atom stereocenters. The molecule has 12 nitrogen and oxygen atoms in total. The van der Waals surface area contributed by atoms with Crippen LogP contribution >= 0.6 is 23.2 Å². The van der Waals surface area contributed by atoms with Gasteiger partial charge in [0.25, 0.3) is 11.5 Å². The molecule has 49 heavy (non-hydrogen) atoms. The second-order valence-electron chi connectivity index (χ2n) is 10.2. The highest BCUT2D eigenvalue weighted by Crippen LogP contribution is 2.27. The van der Waals surface area contributed by atoms with Gasteiger partial charge in [0, 0.05) is 56.9 Å². The average Bonchev–Trinajstić information content (AvgIpc) is 3.56. The number of hydrogen-bond donors (Lipinski definition) is 4. The first-order chi connectivity index (χ1) is 22.8. The Kier molecular flexibility index (Phi) is 12.8. The van der Waals surface area contributed by atoms with Gasteiger partial charge in [-0.1, -0.05) is 29.3 Å². The summed E-state index contributed by atoms with van der Waals surface area (Å²) in [6, 6.07) is 5.99. The van der Waals surface area contributed by atoms with E-state index in [1.807, 2.05) is 0 Å². The van der Waals surface area contributed by atoms with Crippen LogP contribution in [0.1, 0.15) is 33.9 Å². The number of fused-ring (bicyclic) bond motifs is 1. The maximum Gasteiger partial charge on any atom is 0.490 e. The van der Waals surface area contributed by atoms with E-state index in [1.54, 1.807) is 40.0 Å². The van der Waals surface area contributed by atoms with E-state index in [4.69, 9.17) is 43.0 Å². The Balaban J connectivity index is 0.000000392. The van der Waals surface area contributed by atoms with Gasteiger partial charge in [0.15, 0.2) is 0 Å². The molecule has 21 heteroatoms. The lowest BCUT2D eigenvalue weighted by molar-refractivity contribution is -0.193. The Hall–Kier alpha value is -4.62. The van der Waals surface area contributed by atoms with E-state index in [0.29, 0.717) is 49.4 Å². The number of H-pyrrole nitrogens is 2. The Morgan fingerprint density at radius 1 is 0.918 bits per heavy atom. The Labute approximate surface area is 280 Å². The maximum absolute atomic E-state index is 14.8. The Morgan fingerprint density at radius 2 is 1.55 bits per heavy atom. The zero-order chi connectivity index (χ0) is 36.7. The molecule has 1 aromatic carbocycles.